The Labute approximate surface area is 123 Å². The molecule has 110 valence electrons. The van der Waals surface area contributed by atoms with Crippen molar-refractivity contribution in [1.29, 1.82) is 0 Å². The van der Waals surface area contributed by atoms with Crippen LogP contribution in [0.1, 0.15) is 41.3 Å². The van der Waals surface area contributed by atoms with E-state index < -0.39 is 11.8 Å². The van der Waals surface area contributed by atoms with Gasteiger partial charge in [-0.1, -0.05) is 38.1 Å². The second kappa shape index (κ2) is 6.39. The number of ether oxygens (including phenoxy) is 1. The maximum Gasteiger partial charge on any atom is 0.338 e. The fourth-order valence-electron chi connectivity index (χ4n) is 1.97. The zero-order chi connectivity index (χ0) is 15.4. The molecule has 2 aromatic carbocycles. The van der Waals surface area contributed by atoms with Gasteiger partial charge < -0.3 is 9.84 Å². The number of carboxylic acids is 1. The molecule has 0 unspecified atom stereocenters. The van der Waals surface area contributed by atoms with Gasteiger partial charge in [0.15, 0.2) is 0 Å². The molecule has 0 saturated carbocycles. The number of aromatic carboxylic acids is 1. The number of hydrogen-bond donors (Lipinski definition) is 1. The van der Waals surface area contributed by atoms with E-state index in [2.05, 4.69) is 13.8 Å². The molecule has 0 bridgehead atoms. The van der Waals surface area contributed by atoms with E-state index in [-0.39, 0.29) is 17.7 Å². The van der Waals surface area contributed by atoms with Crippen LogP contribution in [0.25, 0.3) is 0 Å². The van der Waals surface area contributed by atoms with E-state index in [9.17, 15) is 9.18 Å². The van der Waals surface area contributed by atoms with E-state index in [0.717, 1.165) is 0 Å². The number of carbonyl (C=O) groups is 1. The van der Waals surface area contributed by atoms with Crippen molar-refractivity contribution >= 4 is 5.97 Å². The molecule has 0 amide bonds. The van der Waals surface area contributed by atoms with Gasteiger partial charge >= 0.3 is 5.97 Å². The molecule has 1 N–H and O–H groups in total. The molecule has 0 atom stereocenters. The smallest absolute Gasteiger partial charge is 0.338 e. The average Bonchev–Trinajstić information content (AvgIpc) is 2.46. The van der Waals surface area contributed by atoms with Crippen LogP contribution < -0.4 is 4.74 Å². The predicted octanol–water partition coefficient (Wildman–Crippen LogP) is 4.23. The summed E-state index contributed by atoms with van der Waals surface area (Å²) in [6.45, 7) is 4.19. The molecule has 2 rings (SSSR count). The van der Waals surface area contributed by atoms with Crippen LogP contribution in [0.4, 0.5) is 4.39 Å². The van der Waals surface area contributed by atoms with Crippen molar-refractivity contribution in [2.45, 2.75) is 26.4 Å². The zero-order valence-electron chi connectivity index (χ0n) is 12.0. The van der Waals surface area contributed by atoms with Crippen LogP contribution in [0, 0.1) is 5.82 Å². The third kappa shape index (κ3) is 3.60. The van der Waals surface area contributed by atoms with Gasteiger partial charge in [0.25, 0.3) is 0 Å². The Morgan fingerprint density at radius 3 is 2.43 bits per heavy atom. The van der Waals surface area contributed by atoms with Gasteiger partial charge in [0.05, 0.1) is 5.56 Å². The molecule has 0 fully saturated rings. The van der Waals surface area contributed by atoms with Crippen molar-refractivity contribution in [2.75, 3.05) is 0 Å². The maximum atomic E-state index is 13.9. The van der Waals surface area contributed by atoms with Crippen LogP contribution in [0.15, 0.2) is 42.5 Å². The molecule has 0 aliphatic carbocycles. The fraction of sp³-hybridized carbons (Fsp3) is 0.235. The van der Waals surface area contributed by atoms with Crippen molar-refractivity contribution in [3.05, 3.63) is 65.0 Å². The van der Waals surface area contributed by atoms with E-state index in [0.29, 0.717) is 11.7 Å². The molecule has 3 nitrogen and oxygen atoms in total. The minimum absolute atomic E-state index is 0.00597. The van der Waals surface area contributed by atoms with Gasteiger partial charge in [-0.3, -0.25) is 0 Å². The van der Waals surface area contributed by atoms with Gasteiger partial charge in [0.1, 0.15) is 18.2 Å². The van der Waals surface area contributed by atoms with Gasteiger partial charge in [-0.2, -0.15) is 0 Å². The largest absolute Gasteiger partial charge is 0.489 e. The van der Waals surface area contributed by atoms with Crippen LogP contribution in [0.5, 0.6) is 5.75 Å². The quantitative estimate of drug-likeness (QED) is 0.895. The van der Waals surface area contributed by atoms with Gasteiger partial charge in [-0.05, 0) is 29.7 Å². The van der Waals surface area contributed by atoms with Crippen molar-refractivity contribution in [3.63, 3.8) is 0 Å². The average molecular weight is 288 g/mol. The van der Waals surface area contributed by atoms with Gasteiger partial charge in [-0.15, -0.1) is 0 Å². The Hall–Kier alpha value is -2.36. The Balaban J connectivity index is 2.09. The molecule has 0 aliphatic heterocycles. The summed E-state index contributed by atoms with van der Waals surface area (Å²) in [7, 11) is 0. The van der Waals surface area contributed by atoms with Crippen molar-refractivity contribution in [2.24, 2.45) is 0 Å². The summed E-state index contributed by atoms with van der Waals surface area (Å²) >= 11 is 0. The first-order valence-corrected chi connectivity index (χ1v) is 6.72. The van der Waals surface area contributed by atoms with Crippen LogP contribution in [-0.4, -0.2) is 11.1 Å². The highest BCUT2D eigenvalue weighted by Crippen LogP contribution is 2.20. The van der Waals surface area contributed by atoms with Gasteiger partial charge in [0.2, 0.25) is 0 Å². The molecule has 0 radical (unpaired) electrons. The van der Waals surface area contributed by atoms with Gasteiger partial charge in [-0.25, -0.2) is 9.18 Å². The molecule has 0 aliphatic rings. The number of rotatable bonds is 5. The minimum Gasteiger partial charge on any atom is -0.489 e. The molecular formula is C17H17FO3. The highest BCUT2D eigenvalue weighted by molar-refractivity contribution is 5.88. The lowest BCUT2D eigenvalue weighted by molar-refractivity contribution is 0.0691. The first-order valence-electron chi connectivity index (χ1n) is 6.72. The normalized spacial score (nSPS) is 10.7. The number of halogens is 1. The van der Waals surface area contributed by atoms with Crippen LogP contribution in [0.2, 0.25) is 0 Å². The molecule has 0 aromatic heterocycles. The summed E-state index contributed by atoms with van der Waals surface area (Å²) in [5.41, 5.74) is 1.08. The lowest BCUT2D eigenvalue weighted by atomic mass is 10.0. The predicted molar refractivity (Wildman–Crippen MR) is 78.2 cm³/mol. The van der Waals surface area contributed by atoms with E-state index in [1.807, 2.05) is 24.3 Å². The second-order valence-corrected chi connectivity index (χ2v) is 5.10. The molecular weight excluding hydrogens is 271 g/mol. The second-order valence-electron chi connectivity index (χ2n) is 5.10. The number of carboxylic acid groups (broad SMARTS) is 1. The third-order valence-electron chi connectivity index (χ3n) is 3.25. The highest BCUT2D eigenvalue weighted by Gasteiger charge is 2.13. The maximum absolute atomic E-state index is 13.9. The first-order chi connectivity index (χ1) is 9.99. The topological polar surface area (TPSA) is 46.5 Å². The summed E-state index contributed by atoms with van der Waals surface area (Å²) in [6.07, 6.45) is 0. The van der Waals surface area contributed by atoms with Crippen molar-refractivity contribution < 1.29 is 19.0 Å². The highest BCUT2D eigenvalue weighted by atomic mass is 19.1. The van der Waals surface area contributed by atoms with Crippen LogP contribution >= 0.6 is 0 Å². The summed E-state index contributed by atoms with van der Waals surface area (Å²) in [4.78, 5) is 10.9. The monoisotopic (exact) mass is 288 g/mol. The van der Waals surface area contributed by atoms with Crippen LogP contribution in [0.3, 0.4) is 0 Å². The standard InChI is InChI=1S/C17H17FO3/c1-11(2)12-6-8-14(9-7-12)21-10-13-4-3-5-15(16(13)18)17(19)20/h3-9,11H,10H2,1-2H3,(H,19,20). The fourth-order valence-corrected chi connectivity index (χ4v) is 1.97. The van der Waals surface area contributed by atoms with Crippen molar-refractivity contribution in [3.8, 4) is 5.75 Å². The summed E-state index contributed by atoms with van der Waals surface area (Å²) in [5, 5.41) is 8.88. The molecule has 0 heterocycles. The van der Waals surface area contributed by atoms with E-state index >= 15 is 0 Å². The lowest BCUT2D eigenvalue weighted by Gasteiger charge is -2.10. The van der Waals surface area contributed by atoms with Crippen molar-refractivity contribution in [1.82, 2.24) is 0 Å². The Morgan fingerprint density at radius 2 is 1.86 bits per heavy atom. The summed E-state index contributed by atoms with van der Waals surface area (Å²) in [6, 6.07) is 11.8. The van der Waals surface area contributed by atoms with E-state index in [1.165, 1.54) is 23.8 Å². The van der Waals surface area contributed by atoms with Crippen LogP contribution in [-0.2, 0) is 6.61 Å². The number of hydrogen-bond acceptors (Lipinski definition) is 2. The summed E-state index contributed by atoms with van der Waals surface area (Å²) in [5.74, 6) is -0.970. The molecule has 0 spiro atoms. The summed E-state index contributed by atoms with van der Waals surface area (Å²) < 4.78 is 19.4. The minimum atomic E-state index is -1.28. The molecule has 0 saturated heterocycles. The SMILES string of the molecule is CC(C)c1ccc(OCc2cccc(C(=O)O)c2F)cc1. The Kier molecular flexibility index (Phi) is 4.58. The Morgan fingerprint density at radius 1 is 1.19 bits per heavy atom. The Bertz CT molecular complexity index is 633. The molecule has 4 heteroatoms. The van der Waals surface area contributed by atoms with Gasteiger partial charge in [0, 0.05) is 5.56 Å². The number of benzene rings is 2. The van der Waals surface area contributed by atoms with E-state index in [4.69, 9.17) is 9.84 Å². The molecule has 2 aromatic rings. The lowest BCUT2D eigenvalue weighted by Crippen LogP contribution is -2.06. The molecule has 21 heavy (non-hydrogen) atoms. The zero-order valence-corrected chi connectivity index (χ0v) is 12.0. The van der Waals surface area contributed by atoms with E-state index in [1.54, 1.807) is 0 Å². The third-order valence-corrected chi connectivity index (χ3v) is 3.25. The first kappa shape index (κ1) is 15.0.